The van der Waals surface area contributed by atoms with Gasteiger partial charge < -0.3 is 5.73 Å². The Hall–Kier alpha value is -0.940. The summed E-state index contributed by atoms with van der Waals surface area (Å²) in [6.07, 6.45) is 2.99. The van der Waals surface area contributed by atoms with Crippen molar-refractivity contribution in [1.82, 2.24) is 0 Å². The van der Waals surface area contributed by atoms with Crippen LogP contribution in [-0.4, -0.2) is 0 Å². The Labute approximate surface area is 127 Å². The number of benzene rings is 2. The van der Waals surface area contributed by atoms with Gasteiger partial charge in [-0.25, -0.2) is 4.39 Å². The quantitative estimate of drug-likeness (QED) is 0.775. The van der Waals surface area contributed by atoms with Crippen LogP contribution in [-0.2, 0) is 6.42 Å². The number of aryl methyl sites for hydroxylation is 1. The van der Waals surface area contributed by atoms with E-state index in [1.165, 1.54) is 17.7 Å². The van der Waals surface area contributed by atoms with E-state index in [0.717, 1.165) is 28.4 Å². The first-order valence-corrected chi connectivity index (χ1v) is 7.49. The van der Waals surface area contributed by atoms with Crippen LogP contribution < -0.4 is 5.73 Å². The monoisotopic (exact) mass is 369 g/mol. The summed E-state index contributed by atoms with van der Waals surface area (Å²) in [7, 11) is 0. The molecule has 1 unspecified atom stereocenters. The standard InChI is InChI=1S/C16H17FIN/c17-13-9-10-14(15(18)11-13)16(19)8-4-7-12-5-2-1-3-6-12/h1-3,5-6,9-11,16H,4,7-8,19H2. The van der Waals surface area contributed by atoms with Crippen LogP contribution in [0.5, 0.6) is 0 Å². The number of rotatable bonds is 5. The Morgan fingerprint density at radius 1 is 1.11 bits per heavy atom. The largest absolute Gasteiger partial charge is 0.324 e. The van der Waals surface area contributed by atoms with Crippen LogP contribution in [0.2, 0.25) is 0 Å². The molecule has 1 atom stereocenters. The molecule has 2 aromatic carbocycles. The zero-order valence-electron chi connectivity index (χ0n) is 10.7. The highest BCUT2D eigenvalue weighted by Gasteiger charge is 2.10. The van der Waals surface area contributed by atoms with Crippen molar-refractivity contribution in [2.45, 2.75) is 25.3 Å². The predicted molar refractivity (Wildman–Crippen MR) is 85.4 cm³/mol. The lowest BCUT2D eigenvalue weighted by molar-refractivity contribution is 0.600. The molecule has 0 saturated heterocycles. The third-order valence-corrected chi connectivity index (χ3v) is 4.12. The number of halogens is 2. The fourth-order valence-electron chi connectivity index (χ4n) is 2.13. The molecule has 0 aromatic heterocycles. The maximum Gasteiger partial charge on any atom is 0.124 e. The van der Waals surface area contributed by atoms with Crippen molar-refractivity contribution in [1.29, 1.82) is 0 Å². The molecule has 0 spiro atoms. The minimum atomic E-state index is -0.204. The Balaban J connectivity index is 1.89. The van der Waals surface area contributed by atoms with Gasteiger partial charge in [-0.2, -0.15) is 0 Å². The van der Waals surface area contributed by atoms with Crippen LogP contribution in [0.25, 0.3) is 0 Å². The normalized spacial score (nSPS) is 12.4. The molecule has 2 rings (SSSR count). The van der Waals surface area contributed by atoms with E-state index in [1.54, 1.807) is 6.07 Å². The minimum Gasteiger partial charge on any atom is -0.324 e. The van der Waals surface area contributed by atoms with Gasteiger partial charge in [0.15, 0.2) is 0 Å². The smallest absolute Gasteiger partial charge is 0.124 e. The van der Waals surface area contributed by atoms with E-state index in [0.29, 0.717) is 0 Å². The van der Waals surface area contributed by atoms with Crippen LogP contribution in [0.1, 0.15) is 30.0 Å². The first kappa shape index (κ1) is 14.5. The summed E-state index contributed by atoms with van der Waals surface area (Å²) in [5.74, 6) is -0.204. The van der Waals surface area contributed by atoms with E-state index in [1.807, 2.05) is 6.07 Å². The Morgan fingerprint density at radius 2 is 1.84 bits per heavy atom. The van der Waals surface area contributed by atoms with E-state index in [-0.39, 0.29) is 11.9 Å². The fourth-order valence-corrected chi connectivity index (χ4v) is 3.01. The Kier molecular flexibility index (Phi) is 5.34. The summed E-state index contributed by atoms with van der Waals surface area (Å²) < 4.78 is 13.9. The zero-order valence-corrected chi connectivity index (χ0v) is 12.8. The summed E-state index contributed by atoms with van der Waals surface area (Å²) in [5.41, 5.74) is 8.56. The van der Waals surface area contributed by atoms with Gasteiger partial charge in [-0.3, -0.25) is 0 Å². The maximum absolute atomic E-state index is 13.0. The van der Waals surface area contributed by atoms with Gasteiger partial charge in [0, 0.05) is 9.61 Å². The average molecular weight is 369 g/mol. The lowest BCUT2D eigenvalue weighted by Crippen LogP contribution is -2.12. The van der Waals surface area contributed by atoms with E-state index in [2.05, 4.69) is 46.9 Å². The summed E-state index contributed by atoms with van der Waals surface area (Å²) in [4.78, 5) is 0. The van der Waals surface area contributed by atoms with Crippen LogP contribution >= 0.6 is 22.6 Å². The number of hydrogen-bond donors (Lipinski definition) is 1. The van der Waals surface area contributed by atoms with Crippen molar-refractivity contribution >= 4 is 22.6 Å². The fraction of sp³-hybridized carbons (Fsp3) is 0.250. The molecule has 100 valence electrons. The van der Waals surface area contributed by atoms with Crippen LogP contribution in [0, 0.1) is 9.39 Å². The number of hydrogen-bond acceptors (Lipinski definition) is 1. The molecule has 2 aromatic rings. The van der Waals surface area contributed by atoms with Gasteiger partial charge in [-0.1, -0.05) is 36.4 Å². The summed E-state index contributed by atoms with van der Waals surface area (Å²) in [5, 5.41) is 0. The summed E-state index contributed by atoms with van der Waals surface area (Å²) in [6.45, 7) is 0. The molecule has 19 heavy (non-hydrogen) atoms. The molecule has 1 nitrogen and oxygen atoms in total. The van der Waals surface area contributed by atoms with Crippen molar-refractivity contribution in [3.05, 3.63) is 69.0 Å². The molecule has 0 aliphatic heterocycles. The van der Waals surface area contributed by atoms with Crippen molar-refractivity contribution in [2.75, 3.05) is 0 Å². The summed E-state index contributed by atoms with van der Waals surface area (Å²) in [6, 6.07) is 15.2. The SMILES string of the molecule is NC(CCCc1ccccc1)c1ccc(F)cc1I. The molecule has 0 saturated carbocycles. The van der Waals surface area contributed by atoms with Crippen molar-refractivity contribution in [3.8, 4) is 0 Å². The van der Waals surface area contributed by atoms with E-state index in [4.69, 9.17) is 5.73 Å². The van der Waals surface area contributed by atoms with Gasteiger partial charge in [-0.05, 0) is 65.1 Å². The second kappa shape index (κ2) is 7.01. The third kappa shape index (κ3) is 4.28. The third-order valence-electron chi connectivity index (χ3n) is 3.19. The van der Waals surface area contributed by atoms with Crippen molar-refractivity contribution in [2.24, 2.45) is 5.73 Å². The highest BCUT2D eigenvalue weighted by atomic mass is 127. The molecule has 0 aliphatic rings. The predicted octanol–water partition coefficient (Wildman–Crippen LogP) is 4.45. The highest BCUT2D eigenvalue weighted by molar-refractivity contribution is 14.1. The molecule has 2 N–H and O–H groups in total. The minimum absolute atomic E-state index is 0.0174. The van der Waals surface area contributed by atoms with Crippen LogP contribution in [0.15, 0.2) is 48.5 Å². The molecule has 0 bridgehead atoms. The lowest BCUT2D eigenvalue weighted by Gasteiger charge is -2.14. The first-order chi connectivity index (χ1) is 9.16. The van der Waals surface area contributed by atoms with Crippen molar-refractivity contribution in [3.63, 3.8) is 0 Å². The second-order valence-corrected chi connectivity index (χ2v) is 5.81. The van der Waals surface area contributed by atoms with Gasteiger partial charge in [0.1, 0.15) is 5.82 Å². The summed E-state index contributed by atoms with van der Waals surface area (Å²) >= 11 is 2.14. The van der Waals surface area contributed by atoms with E-state index < -0.39 is 0 Å². The second-order valence-electron chi connectivity index (χ2n) is 4.65. The van der Waals surface area contributed by atoms with Crippen molar-refractivity contribution < 1.29 is 4.39 Å². The van der Waals surface area contributed by atoms with Crippen LogP contribution in [0.3, 0.4) is 0 Å². The molecule has 0 heterocycles. The Morgan fingerprint density at radius 3 is 2.53 bits per heavy atom. The molecular formula is C16H17FIN. The molecule has 3 heteroatoms. The van der Waals surface area contributed by atoms with E-state index >= 15 is 0 Å². The lowest BCUT2D eigenvalue weighted by atomic mass is 10.00. The van der Waals surface area contributed by atoms with Gasteiger partial charge in [0.05, 0.1) is 0 Å². The molecule has 0 amide bonds. The van der Waals surface area contributed by atoms with Gasteiger partial charge in [-0.15, -0.1) is 0 Å². The highest BCUT2D eigenvalue weighted by Crippen LogP contribution is 2.23. The van der Waals surface area contributed by atoms with Gasteiger partial charge >= 0.3 is 0 Å². The topological polar surface area (TPSA) is 26.0 Å². The van der Waals surface area contributed by atoms with Crippen LogP contribution in [0.4, 0.5) is 4.39 Å². The van der Waals surface area contributed by atoms with Gasteiger partial charge in [0.2, 0.25) is 0 Å². The first-order valence-electron chi connectivity index (χ1n) is 6.41. The average Bonchev–Trinajstić information content (AvgIpc) is 2.39. The Bertz CT molecular complexity index is 528. The molecular weight excluding hydrogens is 352 g/mol. The van der Waals surface area contributed by atoms with E-state index in [9.17, 15) is 4.39 Å². The zero-order chi connectivity index (χ0) is 13.7. The molecule has 0 fully saturated rings. The number of nitrogens with two attached hydrogens (primary N) is 1. The maximum atomic E-state index is 13.0. The molecule has 0 aliphatic carbocycles. The molecule has 0 radical (unpaired) electrons. The van der Waals surface area contributed by atoms with Gasteiger partial charge in [0.25, 0.3) is 0 Å².